The molecular weight excluding hydrogens is 228 g/mol. The largest absolute Gasteiger partial charge is 0.296 e. The maximum absolute atomic E-state index is 2.59. The third-order valence-electron chi connectivity index (χ3n) is 3.66. The van der Waals surface area contributed by atoms with E-state index in [9.17, 15) is 0 Å². The Morgan fingerprint density at radius 1 is 1.18 bits per heavy atom. The van der Waals surface area contributed by atoms with Crippen molar-refractivity contribution in [1.29, 1.82) is 0 Å². The van der Waals surface area contributed by atoms with Crippen molar-refractivity contribution >= 4 is 11.3 Å². The second kappa shape index (κ2) is 5.09. The van der Waals surface area contributed by atoms with Crippen LogP contribution in [0.1, 0.15) is 31.2 Å². The van der Waals surface area contributed by atoms with Gasteiger partial charge in [-0.2, -0.15) is 0 Å². The Morgan fingerprint density at radius 2 is 1.82 bits per heavy atom. The predicted molar refractivity (Wildman–Crippen MR) is 75.7 cm³/mol. The first-order valence-corrected chi connectivity index (χ1v) is 7.35. The molecule has 0 amide bonds. The van der Waals surface area contributed by atoms with Gasteiger partial charge in [-0.3, -0.25) is 9.80 Å². The summed E-state index contributed by atoms with van der Waals surface area (Å²) in [4.78, 5) is 6.71. The van der Waals surface area contributed by atoms with Gasteiger partial charge in [0.2, 0.25) is 0 Å². The van der Waals surface area contributed by atoms with E-state index in [4.69, 9.17) is 0 Å². The minimum absolute atomic E-state index is 0.324. The fourth-order valence-electron chi connectivity index (χ4n) is 2.35. The summed E-state index contributed by atoms with van der Waals surface area (Å²) in [5.41, 5.74) is 1.78. The van der Waals surface area contributed by atoms with Gasteiger partial charge in [0.25, 0.3) is 0 Å². The first kappa shape index (κ1) is 13.1. The van der Waals surface area contributed by atoms with E-state index in [0.29, 0.717) is 5.54 Å². The number of piperazine rings is 1. The summed E-state index contributed by atoms with van der Waals surface area (Å²) < 4.78 is 0. The SMILES string of the molecule is Cc1ccsc1CN1CCN(C(C)(C)C)CC1. The van der Waals surface area contributed by atoms with Crippen molar-refractivity contribution in [2.24, 2.45) is 0 Å². The molecule has 0 N–H and O–H groups in total. The Hall–Kier alpha value is -0.380. The molecule has 0 bridgehead atoms. The number of hydrogen-bond donors (Lipinski definition) is 0. The molecule has 0 aromatic carbocycles. The number of thiophene rings is 1. The predicted octanol–water partition coefficient (Wildman–Crippen LogP) is 2.97. The van der Waals surface area contributed by atoms with Crippen LogP contribution in [0.3, 0.4) is 0 Å². The summed E-state index contributed by atoms with van der Waals surface area (Å²) in [6.07, 6.45) is 0. The topological polar surface area (TPSA) is 6.48 Å². The molecule has 2 heterocycles. The number of rotatable bonds is 2. The van der Waals surface area contributed by atoms with Crippen LogP contribution in [0, 0.1) is 6.92 Å². The third-order valence-corrected chi connectivity index (χ3v) is 4.66. The summed E-state index contributed by atoms with van der Waals surface area (Å²) in [7, 11) is 0. The maximum Gasteiger partial charge on any atom is 0.0331 e. The van der Waals surface area contributed by atoms with E-state index < -0.39 is 0 Å². The second-order valence-corrected chi connectivity index (χ2v) is 6.96. The highest BCUT2D eigenvalue weighted by Gasteiger charge is 2.25. The van der Waals surface area contributed by atoms with Crippen LogP contribution >= 0.6 is 11.3 Å². The van der Waals surface area contributed by atoms with Crippen molar-refractivity contribution in [1.82, 2.24) is 9.80 Å². The molecule has 1 saturated heterocycles. The Balaban J connectivity index is 1.86. The van der Waals surface area contributed by atoms with Crippen molar-refractivity contribution in [2.45, 2.75) is 39.8 Å². The van der Waals surface area contributed by atoms with E-state index in [0.717, 1.165) is 6.54 Å². The first-order valence-electron chi connectivity index (χ1n) is 6.47. The third kappa shape index (κ3) is 3.30. The van der Waals surface area contributed by atoms with Gasteiger partial charge >= 0.3 is 0 Å². The van der Waals surface area contributed by atoms with Gasteiger partial charge < -0.3 is 0 Å². The van der Waals surface area contributed by atoms with Gasteiger partial charge in [0.15, 0.2) is 0 Å². The van der Waals surface area contributed by atoms with Crippen molar-refractivity contribution in [3.63, 3.8) is 0 Å². The Bertz CT molecular complexity index is 357. The number of aryl methyl sites for hydroxylation is 1. The highest BCUT2D eigenvalue weighted by molar-refractivity contribution is 7.10. The van der Waals surface area contributed by atoms with Gasteiger partial charge in [-0.15, -0.1) is 11.3 Å². The molecule has 1 fully saturated rings. The van der Waals surface area contributed by atoms with Crippen LogP contribution < -0.4 is 0 Å². The van der Waals surface area contributed by atoms with Gasteiger partial charge in [0, 0.05) is 43.1 Å². The van der Waals surface area contributed by atoms with Crippen LogP contribution in [0.4, 0.5) is 0 Å². The van der Waals surface area contributed by atoms with Gasteiger partial charge in [0.1, 0.15) is 0 Å². The van der Waals surface area contributed by atoms with E-state index in [-0.39, 0.29) is 0 Å². The fraction of sp³-hybridized carbons (Fsp3) is 0.714. The van der Waals surface area contributed by atoms with Crippen LogP contribution in [0.2, 0.25) is 0 Å². The quantitative estimate of drug-likeness (QED) is 0.798. The van der Waals surface area contributed by atoms with Crippen molar-refractivity contribution < 1.29 is 0 Å². The summed E-state index contributed by atoms with van der Waals surface area (Å²) in [6.45, 7) is 15.1. The molecule has 2 rings (SSSR count). The molecule has 1 aromatic rings. The Kier molecular flexibility index (Phi) is 3.91. The van der Waals surface area contributed by atoms with Crippen LogP contribution in [0.5, 0.6) is 0 Å². The zero-order valence-electron chi connectivity index (χ0n) is 11.5. The Labute approximate surface area is 109 Å². The molecule has 2 nitrogen and oxygen atoms in total. The normalized spacial score (nSPS) is 19.8. The molecule has 1 aliphatic rings. The van der Waals surface area contributed by atoms with Gasteiger partial charge in [-0.05, 0) is 44.7 Å². The van der Waals surface area contributed by atoms with Crippen molar-refractivity contribution in [2.75, 3.05) is 26.2 Å². The van der Waals surface area contributed by atoms with Gasteiger partial charge in [-0.25, -0.2) is 0 Å². The lowest BCUT2D eigenvalue weighted by atomic mass is 10.0. The molecule has 96 valence electrons. The fourth-order valence-corrected chi connectivity index (χ4v) is 3.29. The summed E-state index contributed by atoms with van der Waals surface area (Å²) in [5, 5.41) is 2.20. The molecule has 0 atom stereocenters. The molecule has 3 heteroatoms. The molecule has 1 aliphatic heterocycles. The minimum Gasteiger partial charge on any atom is -0.296 e. The molecule has 17 heavy (non-hydrogen) atoms. The molecule has 0 radical (unpaired) electrons. The van der Waals surface area contributed by atoms with E-state index >= 15 is 0 Å². The van der Waals surface area contributed by atoms with Gasteiger partial charge in [-0.1, -0.05) is 0 Å². The number of hydrogen-bond acceptors (Lipinski definition) is 3. The second-order valence-electron chi connectivity index (χ2n) is 5.96. The van der Waals surface area contributed by atoms with Crippen LogP contribution in [-0.2, 0) is 6.54 Å². The molecule has 0 saturated carbocycles. The molecule has 0 spiro atoms. The maximum atomic E-state index is 2.59. The van der Waals surface area contributed by atoms with E-state index in [2.05, 4.69) is 48.9 Å². The highest BCUT2D eigenvalue weighted by Crippen LogP contribution is 2.20. The first-order chi connectivity index (χ1) is 7.97. The van der Waals surface area contributed by atoms with Crippen molar-refractivity contribution in [3.05, 3.63) is 21.9 Å². The summed E-state index contributed by atoms with van der Waals surface area (Å²) in [6, 6.07) is 2.23. The highest BCUT2D eigenvalue weighted by atomic mass is 32.1. The number of nitrogens with zero attached hydrogens (tertiary/aromatic N) is 2. The lowest BCUT2D eigenvalue weighted by Gasteiger charge is -2.42. The lowest BCUT2D eigenvalue weighted by Crippen LogP contribution is -2.53. The smallest absolute Gasteiger partial charge is 0.0331 e. The molecule has 0 unspecified atom stereocenters. The van der Waals surface area contributed by atoms with Crippen LogP contribution in [-0.4, -0.2) is 41.5 Å². The summed E-state index contributed by atoms with van der Waals surface area (Å²) in [5.74, 6) is 0. The lowest BCUT2D eigenvalue weighted by molar-refractivity contribution is 0.0594. The molecule has 1 aromatic heterocycles. The standard InChI is InChI=1S/C14H24N2S/c1-12-5-10-17-13(12)11-15-6-8-16(9-7-15)14(2,3)4/h5,10H,6-9,11H2,1-4H3. The zero-order chi connectivity index (χ0) is 12.5. The molecular formula is C14H24N2S. The van der Waals surface area contributed by atoms with E-state index in [1.165, 1.54) is 36.6 Å². The molecule has 0 aliphatic carbocycles. The monoisotopic (exact) mass is 252 g/mol. The van der Waals surface area contributed by atoms with E-state index in [1.807, 2.05) is 11.3 Å². The van der Waals surface area contributed by atoms with Crippen molar-refractivity contribution in [3.8, 4) is 0 Å². The Morgan fingerprint density at radius 3 is 2.29 bits per heavy atom. The zero-order valence-corrected chi connectivity index (χ0v) is 12.3. The van der Waals surface area contributed by atoms with Gasteiger partial charge in [0.05, 0.1) is 0 Å². The average molecular weight is 252 g/mol. The van der Waals surface area contributed by atoms with Crippen LogP contribution in [0.25, 0.3) is 0 Å². The van der Waals surface area contributed by atoms with E-state index in [1.54, 1.807) is 0 Å². The summed E-state index contributed by atoms with van der Waals surface area (Å²) >= 11 is 1.89. The average Bonchev–Trinajstić information content (AvgIpc) is 2.64. The minimum atomic E-state index is 0.324. The van der Waals surface area contributed by atoms with Crippen LogP contribution in [0.15, 0.2) is 11.4 Å².